The lowest BCUT2D eigenvalue weighted by atomic mass is 10.0. The van der Waals surface area contributed by atoms with Crippen LogP contribution >= 0.6 is 0 Å². The van der Waals surface area contributed by atoms with Crippen LogP contribution in [-0.4, -0.2) is 17.2 Å². The molecule has 0 spiro atoms. The zero-order valence-corrected chi connectivity index (χ0v) is 12.8. The van der Waals surface area contributed by atoms with Crippen molar-refractivity contribution >= 4 is 12.2 Å². The second-order valence-electron chi connectivity index (χ2n) is 5.03. The Bertz CT molecular complexity index is 826. The number of benzene rings is 2. The summed E-state index contributed by atoms with van der Waals surface area (Å²) in [4.78, 5) is 4.44. The van der Waals surface area contributed by atoms with Crippen LogP contribution in [-0.2, 0) is 0 Å². The van der Waals surface area contributed by atoms with Crippen molar-refractivity contribution in [3.05, 3.63) is 78.1 Å². The molecular formula is C20H17NO2. The minimum absolute atomic E-state index is 0.128. The number of phenols is 1. The van der Waals surface area contributed by atoms with Crippen LogP contribution in [0.5, 0.6) is 11.5 Å². The molecule has 0 bridgehead atoms. The number of hydrogen-bond acceptors (Lipinski definition) is 3. The van der Waals surface area contributed by atoms with E-state index in [0.717, 1.165) is 16.8 Å². The Morgan fingerprint density at radius 3 is 2.52 bits per heavy atom. The SMILES string of the molecule is COc1cccc(/C=C/c2ncccc2-c2ccccc2)c1O. The Hall–Kier alpha value is -3.07. The fraction of sp³-hybridized carbons (Fsp3) is 0.0500. The van der Waals surface area contributed by atoms with Gasteiger partial charge in [0.05, 0.1) is 12.8 Å². The highest BCUT2D eigenvalue weighted by atomic mass is 16.5. The Labute approximate surface area is 135 Å². The molecule has 23 heavy (non-hydrogen) atoms. The van der Waals surface area contributed by atoms with E-state index in [0.29, 0.717) is 11.3 Å². The Kier molecular flexibility index (Phi) is 4.39. The summed E-state index contributed by atoms with van der Waals surface area (Å²) in [5.41, 5.74) is 3.69. The highest BCUT2D eigenvalue weighted by molar-refractivity contribution is 5.80. The maximum Gasteiger partial charge on any atom is 0.165 e. The first kappa shape index (κ1) is 14.9. The summed E-state index contributed by atoms with van der Waals surface area (Å²) >= 11 is 0. The van der Waals surface area contributed by atoms with E-state index in [-0.39, 0.29) is 5.75 Å². The topological polar surface area (TPSA) is 42.4 Å². The van der Waals surface area contributed by atoms with Gasteiger partial charge >= 0.3 is 0 Å². The van der Waals surface area contributed by atoms with Gasteiger partial charge in [0.1, 0.15) is 0 Å². The average molecular weight is 303 g/mol. The Morgan fingerprint density at radius 1 is 0.913 bits per heavy atom. The highest BCUT2D eigenvalue weighted by Gasteiger charge is 2.06. The van der Waals surface area contributed by atoms with Crippen molar-refractivity contribution in [2.24, 2.45) is 0 Å². The van der Waals surface area contributed by atoms with E-state index in [1.165, 1.54) is 7.11 Å². The summed E-state index contributed by atoms with van der Waals surface area (Å²) in [6.45, 7) is 0. The van der Waals surface area contributed by atoms with Crippen molar-refractivity contribution in [3.8, 4) is 22.6 Å². The van der Waals surface area contributed by atoms with Crippen LogP contribution < -0.4 is 4.74 Å². The molecule has 0 amide bonds. The van der Waals surface area contributed by atoms with E-state index in [1.807, 2.05) is 54.6 Å². The van der Waals surface area contributed by atoms with Crippen LogP contribution in [0.3, 0.4) is 0 Å². The zero-order chi connectivity index (χ0) is 16.1. The third-order valence-corrected chi connectivity index (χ3v) is 3.59. The van der Waals surface area contributed by atoms with Gasteiger partial charge in [-0.1, -0.05) is 48.5 Å². The summed E-state index contributed by atoms with van der Waals surface area (Å²) in [7, 11) is 1.54. The first-order valence-corrected chi connectivity index (χ1v) is 7.34. The molecule has 3 nitrogen and oxygen atoms in total. The predicted molar refractivity (Wildman–Crippen MR) is 93.3 cm³/mol. The molecule has 0 saturated carbocycles. The van der Waals surface area contributed by atoms with Crippen LogP contribution in [0.25, 0.3) is 23.3 Å². The number of nitrogens with zero attached hydrogens (tertiary/aromatic N) is 1. The van der Waals surface area contributed by atoms with Crippen LogP contribution in [0, 0.1) is 0 Å². The van der Waals surface area contributed by atoms with Gasteiger partial charge < -0.3 is 9.84 Å². The van der Waals surface area contributed by atoms with Crippen LogP contribution in [0.1, 0.15) is 11.3 Å². The quantitative estimate of drug-likeness (QED) is 0.764. The zero-order valence-electron chi connectivity index (χ0n) is 12.8. The van der Waals surface area contributed by atoms with E-state index in [1.54, 1.807) is 12.3 Å². The van der Waals surface area contributed by atoms with E-state index >= 15 is 0 Å². The predicted octanol–water partition coefficient (Wildman–Crippen LogP) is 4.63. The first-order chi connectivity index (χ1) is 11.3. The van der Waals surface area contributed by atoms with Gasteiger partial charge in [0.25, 0.3) is 0 Å². The molecule has 0 radical (unpaired) electrons. The van der Waals surface area contributed by atoms with Crippen molar-refractivity contribution in [3.63, 3.8) is 0 Å². The molecule has 1 N–H and O–H groups in total. The normalized spacial score (nSPS) is 10.8. The first-order valence-electron chi connectivity index (χ1n) is 7.34. The van der Waals surface area contributed by atoms with Gasteiger partial charge in [-0.15, -0.1) is 0 Å². The molecule has 0 aliphatic rings. The Morgan fingerprint density at radius 2 is 1.74 bits per heavy atom. The molecule has 1 heterocycles. The van der Waals surface area contributed by atoms with Gasteiger partial charge in [-0.05, 0) is 29.8 Å². The lowest BCUT2D eigenvalue weighted by molar-refractivity contribution is 0.373. The van der Waals surface area contributed by atoms with Crippen molar-refractivity contribution < 1.29 is 9.84 Å². The molecule has 3 heteroatoms. The maximum atomic E-state index is 10.2. The molecule has 114 valence electrons. The third kappa shape index (κ3) is 3.24. The van der Waals surface area contributed by atoms with Gasteiger partial charge in [0, 0.05) is 17.3 Å². The lowest BCUT2D eigenvalue weighted by Crippen LogP contribution is -1.87. The largest absolute Gasteiger partial charge is 0.504 e. The fourth-order valence-corrected chi connectivity index (χ4v) is 2.42. The monoisotopic (exact) mass is 303 g/mol. The van der Waals surface area contributed by atoms with E-state index in [9.17, 15) is 5.11 Å². The van der Waals surface area contributed by atoms with Crippen LogP contribution in [0.15, 0.2) is 66.9 Å². The molecular weight excluding hydrogens is 286 g/mol. The highest BCUT2D eigenvalue weighted by Crippen LogP contribution is 2.31. The van der Waals surface area contributed by atoms with Crippen molar-refractivity contribution in [2.45, 2.75) is 0 Å². The number of aromatic hydroxyl groups is 1. The number of ether oxygens (including phenoxy) is 1. The fourth-order valence-electron chi connectivity index (χ4n) is 2.42. The standard InChI is InChI=1S/C20H17NO2/c1-23-19-11-5-9-16(20(19)22)12-13-18-17(10-6-14-21-18)15-7-3-2-4-8-15/h2-14,22H,1H3/b13-12+. The van der Waals surface area contributed by atoms with Crippen molar-refractivity contribution in [1.29, 1.82) is 0 Å². The Balaban J connectivity index is 1.98. The number of aromatic nitrogens is 1. The number of hydrogen-bond donors (Lipinski definition) is 1. The number of phenolic OH excluding ortho intramolecular Hbond substituents is 1. The smallest absolute Gasteiger partial charge is 0.165 e. The lowest BCUT2D eigenvalue weighted by Gasteiger charge is -2.07. The molecule has 0 fully saturated rings. The van der Waals surface area contributed by atoms with Gasteiger partial charge in [0.2, 0.25) is 0 Å². The molecule has 0 aliphatic carbocycles. The second-order valence-corrected chi connectivity index (χ2v) is 5.03. The molecule has 0 aliphatic heterocycles. The van der Waals surface area contributed by atoms with Gasteiger partial charge in [-0.2, -0.15) is 0 Å². The van der Waals surface area contributed by atoms with Crippen LogP contribution in [0.4, 0.5) is 0 Å². The summed E-state index contributed by atoms with van der Waals surface area (Å²) in [5, 5.41) is 10.2. The summed E-state index contributed by atoms with van der Waals surface area (Å²) in [6, 6.07) is 19.5. The molecule has 1 aromatic heterocycles. The number of para-hydroxylation sites is 1. The van der Waals surface area contributed by atoms with Gasteiger partial charge in [-0.3, -0.25) is 4.98 Å². The van der Waals surface area contributed by atoms with E-state index < -0.39 is 0 Å². The number of methoxy groups -OCH3 is 1. The van der Waals surface area contributed by atoms with Crippen molar-refractivity contribution in [2.75, 3.05) is 7.11 Å². The molecule has 0 unspecified atom stereocenters. The molecule has 2 aromatic carbocycles. The van der Waals surface area contributed by atoms with Gasteiger partial charge in [-0.25, -0.2) is 0 Å². The molecule has 3 aromatic rings. The van der Waals surface area contributed by atoms with Crippen molar-refractivity contribution in [1.82, 2.24) is 4.98 Å². The van der Waals surface area contributed by atoms with E-state index in [4.69, 9.17) is 4.74 Å². The molecule has 0 saturated heterocycles. The summed E-state index contributed by atoms with van der Waals surface area (Å²) in [5.74, 6) is 0.583. The van der Waals surface area contributed by atoms with Gasteiger partial charge in [0.15, 0.2) is 11.5 Å². The second kappa shape index (κ2) is 6.79. The third-order valence-electron chi connectivity index (χ3n) is 3.59. The maximum absolute atomic E-state index is 10.2. The molecule has 3 rings (SSSR count). The number of rotatable bonds is 4. The summed E-state index contributed by atoms with van der Waals surface area (Å²) in [6.07, 6.45) is 5.50. The molecule has 0 atom stereocenters. The number of pyridine rings is 1. The average Bonchev–Trinajstić information content (AvgIpc) is 2.62. The van der Waals surface area contributed by atoms with Crippen LogP contribution in [0.2, 0.25) is 0 Å². The van der Waals surface area contributed by atoms with E-state index in [2.05, 4.69) is 17.1 Å². The minimum atomic E-state index is 0.128. The summed E-state index contributed by atoms with van der Waals surface area (Å²) < 4.78 is 5.13. The minimum Gasteiger partial charge on any atom is -0.504 e.